The van der Waals surface area contributed by atoms with Crippen molar-refractivity contribution in [1.29, 1.82) is 0 Å². The lowest BCUT2D eigenvalue weighted by molar-refractivity contribution is -0.195. The van der Waals surface area contributed by atoms with E-state index in [0.717, 1.165) is 48.9 Å². The van der Waals surface area contributed by atoms with E-state index in [9.17, 15) is 4.79 Å². The molecule has 0 aromatic carbocycles. The number of piperidine rings is 1. The van der Waals surface area contributed by atoms with Crippen LogP contribution in [0, 0.1) is 5.41 Å². The zero-order chi connectivity index (χ0) is 14.9. The van der Waals surface area contributed by atoms with E-state index in [1.807, 2.05) is 12.1 Å². The van der Waals surface area contributed by atoms with Gasteiger partial charge in [0.25, 0.3) is 0 Å². The van der Waals surface area contributed by atoms with E-state index in [2.05, 4.69) is 26.2 Å². The predicted octanol–water partition coefficient (Wildman–Crippen LogP) is 2.30. The lowest BCUT2D eigenvalue weighted by atomic mass is 9.53. The maximum Gasteiger partial charge on any atom is 0.329 e. The van der Waals surface area contributed by atoms with Crippen LogP contribution in [-0.2, 0) is 15.1 Å². The second-order valence-electron chi connectivity index (χ2n) is 6.12. The van der Waals surface area contributed by atoms with Crippen LogP contribution in [0.3, 0.4) is 0 Å². The third kappa shape index (κ3) is 2.84. The largest absolute Gasteiger partial charge is 0.480 e. The standard InChI is InChI=1S/C15H19BrN2O3/c16-13-11(2-1-5-18-13)15(21-8-12(19)20)9-14(10-15)3-6-17-7-4-14/h1-2,5,17H,3-4,6-10H2,(H,19,20). The van der Waals surface area contributed by atoms with Gasteiger partial charge in [-0.3, -0.25) is 0 Å². The Morgan fingerprint density at radius 2 is 2.14 bits per heavy atom. The summed E-state index contributed by atoms with van der Waals surface area (Å²) < 4.78 is 6.58. The predicted molar refractivity (Wildman–Crippen MR) is 81.0 cm³/mol. The van der Waals surface area contributed by atoms with E-state index in [1.165, 1.54) is 0 Å². The molecule has 1 aromatic rings. The van der Waals surface area contributed by atoms with Crippen LogP contribution in [0.2, 0.25) is 0 Å². The van der Waals surface area contributed by atoms with Crippen molar-refractivity contribution in [3.8, 4) is 0 Å². The van der Waals surface area contributed by atoms with Crippen molar-refractivity contribution in [3.05, 3.63) is 28.5 Å². The van der Waals surface area contributed by atoms with Gasteiger partial charge in [-0.1, -0.05) is 6.07 Å². The number of carboxylic acid groups (broad SMARTS) is 1. The highest BCUT2D eigenvalue weighted by molar-refractivity contribution is 9.10. The van der Waals surface area contributed by atoms with Gasteiger partial charge in [-0.15, -0.1) is 0 Å². The number of hydrogen-bond donors (Lipinski definition) is 2. The second-order valence-corrected chi connectivity index (χ2v) is 6.87. The molecule has 2 heterocycles. The van der Waals surface area contributed by atoms with Gasteiger partial charge >= 0.3 is 5.97 Å². The number of pyridine rings is 1. The molecule has 6 heteroatoms. The van der Waals surface area contributed by atoms with Gasteiger partial charge in [0.05, 0.1) is 5.60 Å². The number of rotatable bonds is 4. The molecule has 2 N–H and O–H groups in total. The maximum atomic E-state index is 10.9. The van der Waals surface area contributed by atoms with Gasteiger partial charge in [-0.2, -0.15) is 0 Å². The number of carbonyl (C=O) groups is 1. The Bertz CT molecular complexity index is 535. The van der Waals surface area contributed by atoms with Crippen LogP contribution < -0.4 is 5.32 Å². The Labute approximate surface area is 132 Å². The molecule has 5 nitrogen and oxygen atoms in total. The van der Waals surface area contributed by atoms with Crippen LogP contribution >= 0.6 is 15.9 Å². The molecular formula is C15H19BrN2O3. The minimum atomic E-state index is -0.930. The highest BCUT2D eigenvalue weighted by Gasteiger charge is 2.57. The number of carboxylic acids is 1. The molecule has 2 fully saturated rings. The number of halogens is 1. The number of aliphatic carboxylic acids is 1. The number of nitrogens with zero attached hydrogens (tertiary/aromatic N) is 1. The molecule has 0 bridgehead atoms. The summed E-state index contributed by atoms with van der Waals surface area (Å²) in [7, 11) is 0. The first kappa shape index (κ1) is 14.9. The van der Waals surface area contributed by atoms with Crippen LogP contribution in [0.15, 0.2) is 22.9 Å². The SMILES string of the molecule is O=C(O)COC1(c2cccnc2Br)CC2(CCNCC2)C1. The fourth-order valence-corrected chi connectivity index (χ4v) is 4.38. The summed E-state index contributed by atoms with van der Waals surface area (Å²) in [6.07, 6.45) is 5.72. The Kier molecular flexibility index (Phi) is 4.03. The molecule has 1 aliphatic carbocycles. The summed E-state index contributed by atoms with van der Waals surface area (Å²) in [4.78, 5) is 15.2. The average molecular weight is 355 g/mol. The lowest BCUT2D eigenvalue weighted by Gasteiger charge is -2.57. The average Bonchev–Trinajstić information content (AvgIpc) is 2.44. The molecule has 0 unspecified atom stereocenters. The van der Waals surface area contributed by atoms with Gasteiger partial charge in [-0.05, 0) is 66.2 Å². The van der Waals surface area contributed by atoms with Crippen molar-refractivity contribution in [2.75, 3.05) is 19.7 Å². The van der Waals surface area contributed by atoms with E-state index >= 15 is 0 Å². The molecular weight excluding hydrogens is 336 g/mol. The van der Waals surface area contributed by atoms with Crippen LogP contribution in [0.5, 0.6) is 0 Å². The zero-order valence-corrected chi connectivity index (χ0v) is 13.4. The van der Waals surface area contributed by atoms with Crippen molar-refractivity contribution in [2.24, 2.45) is 5.41 Å². The fraction of sp³-hybridized carbons (Fsp3) is 0.600. The lowest BCUT2D eigenvalue weighted by Crippen LogP contribution is -2.55. The first-order valence-electron chi connectivity index (χ1n) is 7.23. The summed E-state index contributed by atoms with van der Waals surface area (Å²) in [6.45, 7) is 1.79. The summed E-state index contributed by atoms with van der Waals surface area (Å²) >= 11 is 3.48. The summed E-state index contributed by atoms with van der Waals surface area (Å²) in [5.41, 5.74) is 0.748. The van der Waals surface area contributed by atoms with Crippen molar-refractivity contribution in [2.45, 2.75) is 31.3 Å². The molecule has 2 aliphatic rings. The number of aromatic nitrogens is 1. The van der Waals surface area contributed by atoms with Gasteiger partial charge in [0.1, 0.15) is 11.2 Å². The molecule has 1 spiro atoms. The van der Waals surface area contributed by atoms with E-state index in [4.69, 9.17) is 9.84 Å². The summed E-state index contributed by atoms with van der Waals surface area (Å²) in [5, 5.41) is 12.3. The molecule has 114 valence electrons. The molecule has 3 rings (SSSR count). The van der Waals surface area contributed by atoms with Crippen molar-refractivity contribution in [3.63, 3.8) is 0 Å². The number of hydrogen-bond acceptors (Lipinski definition) is 4. The Morgan fingerprint density at radius 1 is 1.43 bits per heavy atom. The van der Waals surface area contributed by atoms with Gasteiger partial charge in [0.2, 0.25) is 0 Å². The van der Waals surface area contributed by atoms with E-state index in [0.29, 0.717) is 5.41 Å². The van der Waals surface area contributed by atoms with Gasteiger partial charge in [0.15, 0.2) is 0 Å². The molecule has 1 aliphatic heterocycles. The van der Waals surface area contributed by atoms with Crippen LogP contribution in [0.4, 0.5) is 0 Å². The van der Waals surface area contributed by atoms with E-state index < -0.39 is 11.6 Å². The second kappa shape index (κ2) is 5.66. The topological polar surface area (TPSA) is 71.5 Å². The smallest absolute Gasteiger partial charge is 0.329 e. The van der Waals surface area contributed by atoms with Crippen LogP contribution in [-0.4, -0.2) is 35.8 Å². The Balaban J connectivity index is 1.84. The first-order chi connectivity index (χ1) is 10.1. The van der Waals surface area contributed by atoms with Gasteiger partial charge in [-0.25, -0.2) is 9.78 Å². The molecule has 1 saturated heterocycles. The van der Waals surface area contributed by atoms with Crippen molar-refractivity contribution < 1.29 is 14.6 Å². The summed E-state index contributed by atoms with van der Waals surface area (Å²) in [5.74, 6) is -0.930. The zero-order valence-electron chi connectivity index (χ0n) is 11.8. The maximum absolute atomic E-state index is 10.9. The van der Waals surface area contributed by atoms with E-state index in [1.54, 1.807) is 6.20 Å². The highest BCUT2D eigenvalue weighted by atomic mass is 79.9. The summed E-state index contributed by atoms with van der Waals surface area (Å²) in [6, 6.07) is 3.85. The minimum absolute atomic E-state index is 0.268. The molecule has 0 amide bonds. The van der Waals surface area contributed by atoms with Crippen LogP contribution in [0.25, 0.3) is 0 Å². The number of ether oxygens (including phenoxy) is 1. The monoisotopic (exact) mass is 354 g/mol. The third-order valence-corrected chi connectivity index (χ3v) is 5.34. The fourth-order valence-electron chi connectivity index (χ4n) is 3.77. The van der Waals surface area contributed by atoms with Crippen LogP contribution in [0.1, 0.15) is 31.2 Å². The molecule has 1 saturated carbocycles. The Hall–Kier alpha value is -0.980. The molecule has 0 atom stereocenters. The first-order valence-corrected chi connectivity index (χ1v) is 8.02. The minimum Gasteiger partial charge on any atom is -0.480 e. The van der Waals surface area contributed by atoms with E-state index in [-0.39, 0.29) is 6.61 Å². The van der Waals surface area contributed by atoms with Gasteiger partial charge in [0, 0.05) is 11.8 Å². The Morgan fingerprint density at radius 3 is 2.76 bits per heavy atom. The highest BCUT2D eigenvalue weighted by Crippen LogP contribution is 2.61. The molecule has 1 aromatic heterocycles. The number of nitrogens with one attached hydrogen (secondary N) is 1. The van der Waals surface area contributed by atoms with Crippen molar-refractivity contribution >= 4 is 21.9 Å². The quantitative estimate of drug-likeness (QED) is 0.811. The third-order valence-electron chi connectivity index (χ3n) is 4.71. The molecule has 0 radical (unpaired) electrons. The van der Waals surface area contributed by atoms with Crippen molar-refractivity contribution in [1.82, 2.24) is 10.3 Å². The molecule has 21 heavy (non-hydrogen) atoms. The van der Waals surface area contributed by atoms with Gasteiger partial charge < -0.3 is 15.2 Å². The normalized spacial score (nSPS) is 22.7.